The van der Waals surface area contributed by atoms with E-state index in [-0.39, 0.29) is 10.2 Å². The number of alkyl halides is 3. The quantitative estimate of drug-likeness (QED) is 0.787. The molecule has 0 radical (unpaired) electrons. The number of hydrogen-bond donors (Lipinski definition) is 0. The fourth-order valence-electron chi connectivity index (χ4n) is 0.889. The molecule has 5 heteroatoms. The fraction of sp³-hybridized carbons (Fsp3) is 0.111. The van der Waals surface area contributed by atoms with Crippen LogP contribution in [0.1, 0.15) is 5.56 Å². The Kier molecular flexibility index (Phi) is 3.21. The van der Waals surface area contributed by atoms with Crippen LogP contribution in [0.2, 0.25) is 0 Å². The SMILES string of the molecule is C=Cc1cccc(OC(F)(F)F)c1Br. The smallest absolute Gasteiger partial charge is 0.405 e. The summed E-state index contributed by atoms with van der Waals surface area (Å²) in [6, 6.07) is 4.31. The molecular formula is C9H6BrF3O. The summed E-state index contributed by atoms with van der Waals surface area (Å²) in [6.07, 6.45) is -3.24. The minimum atomic E-state index is -4.68. The van der Waals surface area contributed by atoms with Crippen molar-refractivity contribution in [2.45, 2.75) is 6.36 Å². The van der Waals surface area contributed by atoms with E-state index in [0.717, 1.165) is 0 Å². The van der Waals surface area contributed by atoms with Crippen molar-refractivity contribution in [2.75, 3.05) is 0 Å². The summed E-state index contributed by atoms with van der Waals surface area (Å²) < 4.78 is 39.7. The number of halogens is 4. The standard InChI is InChI=1S/C9H6BrF3O/c1-2-6-4-3-5-7(8(6)10)14-9(11,12)13/h2-5H,1H2. The first-order valence-corrected chi connectivity index (χ1v) is 4.40. The van der Waals surface area contributed by atoms with Gasteiger partial charge in [-0.1, -0.05) is 24.8 Å². The zero-order valence-corrected chi connectivity index (χ0v) is 8.52. The Bertz CT molecular complexity index is 346. The molecule has 0 aliphatic carbocycles. The second kappa shape index (κ2) is 4.04. The monoisotopic (exact) mass is 266 g/mol. The van der Waals surface area contributed by atoms with Crippen LogP contribution < -0.4 is 4.74 Å². The van der Waals surface area contributed by atoms with E-state index in [0.29, 0.717) is 5.56 Å². The third kappa shape index (κ3) is 2.77. The molecule has 1 nitrogen and oxygen atoms in total. The van der Waals surface area contributed by atoms with Crippen LogP contribution in [0.4, 0.5) is 13.2 Å². The normalized spacial score (nSPS) is 11.1. The summed E-state index contributed by atoms with van der Waals surface area (Å²) in [5.74, 6) is -0.269. The first kappa shape index (κ1) is 11.1. The van der Waals surface area contributed by atoms with Gasteiger partial charge < -0.3 is 4.74 Å². The molecule has 0 unspecified atom stereocenters. The average molecular weight is 267 g/mol. The minimum Gasteiger partial charge on any atom is -0.405 e. The fourth-order valence-corrected chi connectivity index (χ4v) is 1.40. The molecule has 1 rings (SSSR count). The van der Waals surface area contributed by atoms with Crippen molar-refractivity contribution in [3.63, 3.8) is 0 Å². The Labute approximate surface area is 87.3 Å². The van der Waals surface area contributed by atoms with Crippen LogP contribution in [0.25, 0.3) is 6.08 Å². The van der Waals surface area contributed by atoms with Crippen molar-refractivity contribution < 1.29 is 17.9 Å². The predicted molar refractivity (Wildman–Crippen MR) is 50.9 cm³/mol. The Balaban J connectivity index is 3.04. The van der Waals surface area contributed by atoms with Crippen molar-refractivity contribution in [2.24, 2.45) is 0 Å². The zero-order chi connectivity index (χ0) is 10.8. The van der Waals surface area contributed by atoms with Gasteiger partial charge in [0.05, 0.1) is 4.47 Å². The van der Waals surface area contributed by atoms with Crippen molar-refractivity contribution in [3.8, 4) is 5.75 Å². The summed E-state index contributed by atoms with van der Waals surface area (Å²) in [5.41, 5.74) is 0.548. The molecule has 0 saturated heterocycles. The lowest BCUT2D eigenvalue weighted by Crippen LogP contribution is -2.17. The Morgan fingerprint density at radius 2 is 2.00 bits per heavy atom. The summed E-state index contributed by atoms with van der Waals surface area (Å²) >= 11 is 3.00. The molecule has 1 aromatic carbocycles. The largest absolute Gasteiger partial charge is 0.573 e. The number of ether oxygens (including phenoxy) is 1. The molecule has 0 saturated carbocycles. The molecule has 14 heavy (non-hydrogen) atoms. The molecular weight excluding hydrogens is 261 g/mol. The highest BCUT2D eigenvalue weighted by atomic mass is 79.9. The molecule has 0 spiro atoms. The Morgan fingerprint density at radius 3 is 2.50 bits per heavy atom. The van der Waals surface area contributed by atoms with E-state index in [2.05, 4.69) is 27.2 Å². The maximum atomic E-state index is 11.9. The van der Waals surface area contributed by atoms with Gasteiger partial charge in [0, 0.05) is 0 Å². The van der Waals surface area contributed by atoms with E-state index in [9.17, 15) is 13.2 Å². The second-order valence-electron chi connectivity index (χ2n) is 2.41. The van der Waals surface area contributed by atoms with E-state index in [4.69, 9.17) is 0 Å². The lowest BCUT2D eigenvalue weighted by Gasteiger charge is -2.11. The Morgan fingerprint density at radius 1 is 1.36 bits per heavy atom. The molecule has 0 aliphatic heterocycles. The van der Waals surface area contributed by atoms with Crippen LogP contribution in [-0.4, -0.2) is 6.36 Å². The van der Waals surface area contributed by atoms with Crippen molar-refractivity contribution in [1.82, 2.24) is 0 Å². The molecule has 0 bridgehead atoms. The molecule has 0 aromatic heterocycles. The highest BCUT2D eigenvalue weighted by molar-refractivity contribution is 9.10. The molecule has 76 valence electrons. The third-order valence-corrected chi connectivity index (χ3v) is 2.29. The van der Waals surface area contributed by atoms with E-state index >= 15 is 0 Å². The van der Waals surface area contributed by atoms with Crippen molar-refractivity contribution in [1.29, 1.82) is 0 Å². The predicted octanol–water partition coefficient (Wildman–Crippen LogP) is 3.99. The van der Waals surface area contributed by atoms with Crippen LogP contribution in [0.15, 0.2) is 29.3 Å². The maximum Gasteiger partial charge on any atom is 0.573 e. The Hall–Kier alpha value is -0.970. The molecule has 0 amide bonds. The summed E-state index contributed by atoms with van der Waals surface area (Å²) in [6.45, 7) is 3.46. The number of rotatable bonds is 2. The van der Waals surface area contributed by atoms with E-state index in [1.54, 1.807) is 6.07 Å². The maximum absolute atomic E-state index is 11.9. The van der Waals surface area contributed by atoms with Gasteiger partial charge >= 0.3 is 6.36 Å². The lowest BCUT2D eigenvalue weighted by atomic mass is 10.2. The van der Waals surface area contributed by atoms with Gasteiger partial charge in [0.1, 0.15) is 5.75 Å². The van der Waals surface area contributed by atoms with Crippen LogP contribution in [0, 0.1) is 0 Å². The molecule has 0 fully saturated rings. The van der Waals surface area contributed by atoms with Gasteiger partial charge in [0.2, 0.25) is 0 Å². The highest BCUT2D eigenvalue weighted by Crippen LogP contribution is 2.33. The van der Waals surface area contributed by atoms with E-state index in [1.807, 2.05) is 0 Å². The van der Waals surface area contributed by atoms with Gasteiger partial charge in [0.25, 0.3) is 0 Å². The van der Waals surface area contributed by atoms with Gasteiger partial charge in [-0.3, -0.25) is 0 Å². The summed E-state index contributed by atoms with van der Waals surface area (Å²) in [5, 5.41) is 0. The number of hydrogen-bond acceptors (Lipinski definition) is 1. The minimum absolute atomic E-state index is 0.243. The van der Waals surface area contributed by atoms with Gasteiger partial charge in [0.15, 0.2) is 0 Å². The molecule has 0 N–H and O–H groups in total. The zero-order valence-electron chi connectivity index (χ0n) is 6.94. The first-order chi connectivity index (χ1) is 6.44. The van der Waals surface area contributed by atoms with E-state index < -0.39 is 6.36 Å². The second-order valence-corrected chi connectivity index (χ2v) is 3.20. The molecule has 0 atom stereocenters. The molecule has 0 heterocycles. The molecule has 1 aromatic rings. The average Bonchev–Trinajstić information content (AvgIpc) is 2.06. The first-order valence-electron chi connectivity index (χ1n) is 3.61. The van der Waals surface area contributed by atoms with Crippen molar-refractivity contribution >= 4 is 22.0 Å². The van der Waals surface area contributed by atoms with Gasteiger partial charge in [-0.15, -0.1) is 13.2 Å². The summed E-state index contributed by atoms with van der Waals surface area (Å²) in [7, 11) is 0. The van der Waals surface area contributed by atoms with Gasteiger partial charge in [-0.25, -0.2) is 0 Å². The summed E-state index contributed by atoms with van der Waals surface area (Å²) in [4.78, 5) is 0. The third-order valence-electron chi connectivity index (χ3n) is 1.44. The van der Waals surface area contributed by atoms with Crippen LogP contribution >= 0.6 is 15.9 Å². The van der Waals surface area contributed by atoms with Crippen LogP contribution in [0.5, 0.6) is 5.75 Å². The van der Waals surface area contributed by atoms with Gasteiger partial charge in [-0.2, -0.15) is 0 Å². The van der Waals surface area contributed by atoms with E-state index in [1.165, 1.54) is 18.2 Å². The molecule has 0 aliphatic rings. The lowest BCUT2D eigenvalue weighted by molar-refractivity contribution is -0.274. The van der Waals surface area contributed by atoms with Crippen LogP contribution in [0.3, 0.4) is 0 Å². The van der Waals surface area contributed by atoms with Crippen LogP contribution in [-0.2, 0) is 0 Å². The number of benzene rings is 1. The topological polar surface area (TPSA) is 9.23 Å². The highest BCUT2D eigenvalue weighted by Gasteiger charge is 2.32. The van der Waals surface area contributed by atoms with Crippen molar-refractivity contribution in [3.05, 3.63) is 34.8 Å². The van der Waals surface area contributed by atoms with Gasteiger partial charge in [-0.05, 0) is 27.6 Å².